The lowest BCUT2D eigenvalue weighted by Crippen LogP contribution is -2.47. The van der Waals surface area contributed by atoms with E-state index in [1.807, 2.05) is 58.0 Å². The first kappa shape index (κ1) is 18.7. The average molecular weight is 342 g/mol. The third kappa shape index (κ3) is 5.45. The van der Waals surface area contributed by atoms with Crippen molar-refractivity contribution in [2.75, 3.05) is 5.32 Å². The molecule has 1 aromatic carbocycles. The zero-order valence-electron chi connectivity index (χ0n) is 15.2. The van der Waals surface area contributed by atoms with E-state index < -0.39 is 6.04 Å². The van der Waals surface area contributed by atoms with E-state index in [-0.39, 0.29) is 23.7 Å². The standard InChI is InChI=1S/C19H26N4O2/c1-12(2)10-17(24)22-18(13(3)4)19(25)21-15-7-5-6-14(11-15)16-8-9-20-23-16/h5-9,11-13,18H,10H2,1-4H3,(H,20,23)(H,21,25)(H,22,24)/t18-/m1/s1. The average Bonchev–Trinajstić information content (AvgIpc) is 3.06. The van der Waals surface area contributed by atoms with Crippen molar-refractivity contribution in [1.29, 1.82) is 0 Å². The highest BCUT2D eigenvalue weighted by Crippen LogP contribution is 2.20. The van der Waals surface area contributed by atoms with Crippen LogP contribution in [0.5, 0.6) is 0 Å². The van der Waals surface area contributed by atoms with Crippen molar-refractivity contribution in [1.82, 2.24) is 15.5 Å². The van der Waals surface area contributed by atoms with Gasteiger partial charge in [-0.1, -0.05) is 39.8 Å². The van der Waals surface area contributed by atoms with Gasteiger partial charge in [-0.3, -0.25) is 14.7 Å². The van der Waals surface area contributed by atoms with Crippen LogP contribution in [0.15, 0.2) is 36.5 Å². The van der Waals surface area contributed by atoms with Crippen LogP contribution in [0.25, 0.3) is 11.3 Å². The van der Waals surface area contributed by atoms with E-state index in [2.05, 4.69) is 20.8 Å². The molecule has 0 unspecified atom stereocenters. The maximum absolute atomic E-state index is 12.6. The van der Waals surface area contributed by atoms with Gasteiger partial charge in [0.15, 0.2) is 0 Å². The normalized spacial score (nSPS) is 12.2. The molecule has 2 amide bonds. The lowest BCUT2D eigenvalue weighted by atomic mass is 10.0. The molecule has 0 saturated heterocycles. The molecule has 25 heavy (non-hydrogen) atoms. The van der Waals surface area contributed by atoms with Crippen molar-refractivity contribution in [2.45, 2.75) is 40.2 Å². The second-order valence-corrected chi connectivity index (χ2v) is 6.93. The number of nitrogens with zero attached hydrogens (tertiary/aromatic N) is 1. The number of carbonyl (C=O) groups excluding carboxylic acids is 2. The number of carbonyl (C=O) groups is 2. The molecule has 0 radical (unpaired) electrons. The molecule has 6 heteroatoms. The Morgan fingerprint density at radius 2 is 1.92 bits per heavy atom. The third-order valence-corrected chi connectivity index (χ3v) is 3.80. The van der Waals surface area contributed by atoms with Gasteiger partial charge in [0.25, 0.3) is 0 Å². The van der Waals surface area contributed by atoms with Crippen molar-refractivity contribution in [3.8, 4) is 11.3 Å². The van der Waals surface area contributed by atoms with Crippen LogP contribution >= 0.6 is 0 Å². The number of rotatable bonds is 7. The monoisotopic (exact) mass is 342 g/mol. The summed E-state index contributed by atoms with van der Waals surface area (Å²) in [5.41, 5.74) is 2.49. The number of benzene rings is 1. The molecule has 0 fully saturated rings. The molecule has 3 N–H and O–H groups in total. The first-order chi connectivity index (χ1) is 11.9. The summed E-state index contributed by atoms with van der Waals surface area (Å²) in [5, 5.41) is 12.6. The Labute approximate surface area is 148 Å². The van der Waals surface area contributed by atoms with Gasteiger partial charge in [0.05, 0.1) is 5.69 Å². The van der Waals surface area contributed by atoms with Gasteiger partial charge < -0.3 is 10.6 Å². The Kier molecular flexibility index (Phi) is 6.33. The molecule has 1 aromatic heterocycles. The second kappa shape index (κ2) is 8.46. The maximum Gasteiger partial charge on any atom is 0.247 e. The zero-order valence-corrected chi connectivity index (χ0v) is 15.2. The molecule has 1 heterocycles. The predicted octanol–water partition coefficient (Wildman–Crippen LogP) is 3.20. The Morgan fingerprint density at radius 1 is 1.16 bits per heavy atom. The number of H-pyrrole nitrogens is 1. The van der Waals surface area contributed by atoms with Crippen molar-refractivity contribution in [3.05, 3.63) is 36.5 Å². The zero-order chi connectivity index (χ0) is 18.4. The highest BCUT2D eigenvalue weighted by molar-refractivity contribution is 5.97. The van der Waals surface area contributed by atoms with Crippen LogP contribution in [0.3, 0.4) is 0 Å². The molecule has 0 bridgehead atoms. The Bertz CT molecular complexity index is 708. The van der Waals surface area contributed by atoms with E-state index in [4.69, 9.17) is 0 Å². The lowest BCUT2D eigenvalue weighted by molar-refractivity contribution is -0.127. The van der Waals surface area contributed by atoms with Crippen molar-refractivity contribution in [2.24, 2.45) is 11.8 Å². The van der Waals surface area contributed by atoms with Gasteiger partial charge in [-0.25, -0.2) is 0 Å². The molecule has 0 aliphatic heterocycles. The molecular formula is C19H26N4O2. The summed E-state index contributed by atoms with van der Waals surface area (Å²) in [6.07, 6.45) is 2.09. The topological polar surface area (TPSA) is 86.9 Å². The summed E-state index contributed by atoms with van der Waals surface area (Å²) in [5.74, 6) is -0.0715. The molecule has 0 aliphatic rings. The predicted molar refractivity (Wildman–Crippen MR) is 98.9 cm³/mol. The van der Waals surface area contributed by atoms with Gasteiger partial charge in [0, 0.05) is 23.9 Å². The largest absolute Gasteiger partial charge is 0.344 e. The number of nitrogens with one attached hydrogen (secondary N) is 3. The number of amides is 2. The number of hydrogen-bond acceptors (Lipinski definition) is 3. The summed E-state index contributed by atoms with van der Waals surface area (Å²) in [6.45, 7) is 7.79. The Morgan fingerprint density at radius 3 is 2.52 bits per heavy atom. The van der Waals surface area contributed by atoms with Gasteiger partial charge in [-0.2, -0.15) is 5.10 Å². The number of anilines is 1. The fourth-order valence-corrected chi connectivity index (χ4v) is 2.54. The van der Waals surface area contributed by atoms with Crippen LogP contribution < -0.4 is 10.6 Å². The van der Waals surface area contributed by atoms with Crippen molar-refractivity contribution in [3.63, 3.8) is 0 Å². The van der Waals surface area contributed by atoms with Crippen LogP contribution in [0.1, 0.15) is 34.1 Å². The van der Waals surface area contributed by atoms with Crippen LogP contribution in [0.2, 0.25) is 0 Å². The maximum atomic E-state index is 12.6. The summed E-state index contributed by atoms with van der Waals surface area (Å²) in [6, 6.07) is 8.80. The molecule has 6 nitrogen and oxygen atoms in total. The number of hydrogen-bond donors (Lipinski definition) is 3. The first-order valence-corrected chi connectivity index (χ1v) is 8.57. The van der Waals surface area contributed by atoms with E-state index in [1.54, 1.807) is 6.20 Å². The molecular weight excluding hydrogens is 316 g/mol. The molecule has 0 spiro atoms. The molecule has 0 aliphatic carbocycles. The molecule has 2 rings (SSSR count). The van der Waals surface area contributed by atoms with E-state index in [0.29, 0.717) is 12.1 Å². The van der Waals surface area contributed by atoms with Gasteiger partial charge in [0.2, 0.25) is 11.8 Å². The Balaban J connectivity index is 2.08. The second-order valence-electron chi connectivity index (χ2n) is 6.93. The van der Waals surface area contributed by atoms with E-state index in [9.17, 15) is 9.59 Å². The highest BCUT2D eigenvalue weighted by atomic mass is 16.2. The van der Waals surface area contributed by atoms with Crippen LogP contribution in [-0.4, -0.2) is 28.1 Å². The summed E-state index contributed by atoms with van der Waals surface area (Å²) >= 11 is 0. The quantitative estimate of drug-likeness (QED) is 0.722. The van der Waals surface area contributed by atoms with Crippen LogP contribution in [-0.2, 0) is 9.59 Å². The fraction of sp³-hybridized carbons (Fsp3) is 0.421. The SMILES string of the molecule is CC(C)CC(=O)N[C@@H](C(=O)Nc1cccc(-c2ccn[nH]2)c1)C(C)C. The minimum Gasteiger partial charge on any atom is -0.344 e. The molecule has 134 valence electrons. The van der Waals surface area contributed by atoms with E-state index in [0.717, 1.165) is 11.3 Å². The highest BCUT2D eigenvalue weighted by Gasteiger charge is 2.24. The van der Waals surface area contributed by atoms with Gasteiger partial charge >= 0.3 is 0 Å². The molecule has 2 aromatic rings. The van der Waals surface area contributed by atoms with Gasteiger partial charge in [-0.05, 0) is 30.0 Å². The smallest absolute Gasteiger partial charge is 0.247 e. The van der Waals surface area contributed by atoms with Crippen molar-refractivity contribution < 1.29 is 9.59 Å². The van der Waals surface area contributed by atoms with E-state index in [1.165, 1.54) is 0 Å². The van der Waals surface area contributed by atoms with E-state index >= 15 is 0 Å². The lowest BCUT2D eigenvalue weighted by Gasteiger charge is -2.22. The van der Waals surface area contributed by atoms with Gasteiger partial charge in [-0.15, -0.1) is 0 Å². The van der Waals surface area contributed by atoms with Gasteiger partial charge in [0.1, 0.15) is 6.04 Å². The Hall–Kier alpha value is -2.63. The third-order valence-electron chi connectivity index (χ3n) is 3.80. The first-order valence-electron chi connectivity index (χ1n) is 8.57. The summed E-state index contributed by atoms with van der Waals surface area (Å²) in [4.78, 5) is 24.7. The number of aromatic nitrogens is 2. The minimum atomic E-state index is -0.568. The van der Waals surface area contributed by atoms with Crippen LogP contribution in [0.4, 0.5) is 5.69 Å². The summed E-state index contributed by atoms with van der Waals surface area (Å²) in [7, 11) is 0. The summed E-state index contributed by atoms with van der Waals surface area (Å²) < 4.78 is 0. The minimum absolute atomic E-state index is 0.00750. The van der Waals surface area contributed by atoms with Crippen molar-refractivity contribution >= 4 is 17.5 Å². The fourth-order valence-electron chi connectivity index (χ4n) is 2.54. The van der Waals surface area contributed by atoms with Crippen LogP contribution in [0, 0.1) is 11.8 Å². The number of aromatic amines is 1. The molecule has 0 saturated carbocycles. The molecule has 1 atom stereocenters.